The van der Waals surface area contributed by atoms with Crippen molar-refractivity contribution in [3.63, 3.8) is 0 Å². The minimum atomic E-state index is -4.52. The molecule has 0 aromatic heterocycles. The van der Waals surface area contributed by atoms with Crippen molar-refractivity contribution < 1.29 is 26.3 Å². The van der Waals surface area contributed by atoms with Crippen LogP contribution < -0.4 is 5.32 Å². The molecular weight excluding hydrogens is 309 g/mol. The van der Waals surface area contributed by atoms with E-state index in [1.165, 1.54) is 0 Å². The molecule has 0 unspecified atom stereocenters. The molecule has 0 spiro atoms. The molecule has 1 N–H and O–H groups in total. The van der Waals surface area contributed by atoms with Crippen molar-refractivity contribution in [2.24, 2.45) is 0 Å². The van der Waals surface area contributed by atoms with Crippen LogP contribution in [0.5, 0.6) is 0 Å². The fraction of sp³-hybridized carbons (Fsp3) is 1.00. The van der Waals surface area contributed by atoms with Gasteiger partial charge in [0.25, 0.3) is 0 Å². The number of halogens is 3. The molecule has 0 aliphatic carbocycles. The molecule has 124 valence electrons. The van der Waals surface area contributed by atoms with Gasteiger partial charge in [-0.3, -0.25) is 0 Å². The van der Waals surface area contributed by atoms with Crippen molar-refractivity contribution in [2.75, 3.05) is 32.8 Å². The monoisotopic (exact) mass is 330 g/mol. The van der Waals surface area contributed by atoms with Gasteiger partial charge in [-0.25, -0.2) is 8.42 Å². The van der Waals surface area contributed by atoms with E-state index in [1.54, 1.807) is 0 Å². The molecule has 2 saturated heterocycles. The van der Waals surface area contributed by atoms with E-state index in [-0.39, 0.29) is 26.1 Å². The number of hydrogen-bond donors (Lipinski definition) is 1. The Balaban J connectivity index is 2.19. The van der Waals surface area contributed by atoms with E-state index in [2.05, 4.69) is 5.32 Å². The zero-order valence-electron chi connectivity index (χ0n) is 11.7. The summed E-state index contributed by atoms with van der Waals surface area (Å²) in [6.45, 7) is 0.272. The normalized spacial score (nSPS) is 23.6. The average molecular weight is 330 g/mol. The standard InChI is InChI=1S/C12H21F3N2O3S/c13-12(14,15)9-17(10-1-5-16-6-2-10)21(18,19)11-3-7-20-8-4-11/h10-11,16H,1-9H2. The molecule has 2 rings (SSSR count). The van der Waals surface area contributed by atoms with Crippen LogP contribution >= 0.6 is 0 Å². The van der Waals surface area contributed by atoms with Crippen molar-refractivity contribution in [3.05, 3.63) is 0 Å². The molecule has 0 aromatic carbocycles. The van der Waals surface area contributed by atoms with Gasteiger partial charge in [-0.2, -0.15) is 17.5 Å². The smallest absolute Gasteiger partial charge is 0.381 e. The Kier molecular flexibility index (Phi) is 5.50. The zero-order valence-corrected chi connectivity index (χ0v) is 12.5. The molecule has 2 fully saturated rings. The first kappa shape index (κ1) is 17.0. The average Bonchev–Trinajstić information content (AvgIpc) is 2.46. The van der Waals surface area contributed by atoms with Crippen LogP contribution in [0.15, 0.2) is 0 Å². The van der Waals surface area contributed by atoms with Gasteiger partial charge in [-0.05, 0) is 38.8 Å². The number of sulfonamides is 1. The van der Waals surface area contributed by atoms with Crippen LogP contribution in [0.3, 0.4) is 0 Å². The highest BCUT2D eigenvalue weighted by Gasteiger charge is 2.43. The minimum Gasteiger partial charge on any atom is -0.381 e. The lowest BCUT2D eigenvalue weighted by atomic mass is 10.1. The molecule has 2 aliphatic heterocycles. The van der Waals surface area contributed by atoms with Crippen LogP contribution in [0.25, 0.3) is 0 Å². The van der Waals surface area contributed by atoms with Gasteiger partial charge >= 0.3 is 6.18 Å². The molecule has 2 heterocycles. The number of hydrogen-bond acceptors (Lipinski definition) is 4. The molecule has 21 heavy (non-hydrogen) atoms. The van der Waals surface area contributed by atoms with Crippen LogP contribution in [-0.4, -0.2) is 63.0 Å². The van der Waals surface area contributed by atoms with Gasteiger partial charge in [0.1, 0.15) is 6.54 Å². The van der Waals surface area contributed by atoms with Gasteiger partial charge in [0.15, 0.2) is 0 Å². The van der Waals surface area contributed by atoms with Gasteiger partial charge in [0.2, 0.25) is 10.0 Å². The SMILES string of the molecule is O=S(=O)(C1CCOCC1)N(CC(F)(F)F)C1CCNCC1. The Morgan fingerprint density at radius 3 is 2.19 bits per heavy atom. The molecule has 0 amide bonds. The predicted octanol–water partition coefficient (Wildman–Crippen LogP) is 1.11. The highest BCUT2D eigenvalue weighted by Crippen LogP contribution is 2.28. The van der Waals surface area contributed by atoms with Crippen LogP contribution in [-0.2, 0) is 14.8 Å². The van der Waals surface area contributed by atoms with E-state index in [0.717, 1.165) is 0 Å². The second-order valence-electron chi connectivity index (χ2n) is 5.50. The number of nitrogens with zero attached hydrogens (tertiary/aromatic N) is 1. The summed E-state index contributed by atoms with van der Waals surface area (Å²) >= 11 is 0. The summed E-state index contributed by atoms with van der Waals surface area (Å²) in [5, 5.41) is 2.28. The Morgan fingerprint density at radius 1 is 1.10 bits per heavy atom. The molecular formula is C12H21F3N2O3S. The van der Waals surface area contributed by atoms with Crippen LogP contribution in [0.2, 0.25) is 0 Å². The summed E-state index contributed by atoms with van der Waals surface area (Å²) in [7, 11) is -3.95. The van der Waals surface area contributed by atoms with Gasteiger partial charge < -0.3 is 10.1 Å². The maximum Gasteiger partial charge on any atom is 0.402 e. The number of piperidine rings is 1. The van der Waals surface area contributed by atoms with Crippen molar-refractivity contribution in [1.29, 1.82) is 0 Å². The second-order valence-corrected chi connectivity index (χ2v) is 7.66. The van der Waals surface area contributed by atoms with E-state index in [9.17, 15) is 21.6 Å². The van der Waals surface area contributed by atoms with Crippen LogP contribution in [0.4, 0.5) is 13.2 Å². The summed E-state index contributed by atoms with van der Waals surface area (Å²) in [6.07, 6.45) is -3.16. The summed E-state index contributed by atoms with van der Waals surface area (Å²) in [4.78, 5) is 0. The molecule has 0 aromatic rings. The Morgan fingerprint density at radius 2 is 1.67 bits per heavy atom. The lowest BCUT2D eigenvalue weighted by Gasteiger charge is -2.37. The highest BCUT2D eigenvalue weighted by molar-refractivity contribution is 7.89. The fourth-order valence-electron chi connectivity index (χ4n) is 2.86. The Labute approximate surface area is 122 Å². The summed E-state index contributed by atoms with van der Waals surface area (Å²) < 4.78 is 69.5. The third-order valence-electron chi connectivity index (χ3n) is 3.97. The largest absolute Gasteiger partial charge is 0.402 e. The Hall–Kier alpha value is -0.380. The number of alkyl halides is 3. The predicted molar refractivity (Wildman–Crippen MR) is 71.4 cm³/mol. The molecule has 9 heteroatoms. The quantitative estimate of drug-likeness (QED) is 0.839. The van der Waals surface area contributed by atoms with E-state index >= 15 is 0 Å². The van der Waals surface area contributed by atoms with Crippen molar-refractivity contribution in [1.82, 2.24) is 9.62 Å². The van der Waals surface area contributed by atoms with Gasteiger partial charge in [-0.15, -0.1) is 0 Å². The van der Waals surface area contributed by atoms with Gasteiger partial charge in [-0.1, -0.05) is 0 Å². The second kappa shape index (κ2) is 6.80. The summed E-state index contributed by atoms with van der Waals surface area (Å²) in [5.74, 6) is 0. The fourth-order valence-corrected chi connectivity index (χ4v) is 4.99. The van der Waals surface area contributed by atoms with Crippen molar-refractivity contribution in [2.45, 2.75) is 43.2 Å². The van der Waals surface area contributed by atoms with E-state index in [0.29, 0.717) is 30.2 Å². The zero-order chi connectivity index (χ0) is 15.5. The lowest BCUT2D eigenvalue weighted by Crippen LogP contribution is -2.53. The molecule has 0 radical (unpaired) electrons. The minimum absolute atomic E-state index is 0.266. The van der Waals surface area contributed by atoms with Crippen LogP contribution in [0.1, 0.15) is 25.7 Å². The maximum atomic E-state index is 12.8. The first-order valence-electron chi connectivity index (χ1n) is 7.16. The third kappa shape index (κ3) is 4.54. The first-order valence-corrected chi connectivity index (χ1v) is 8.67. The molecule has 0 saturated carbocycles. The van der Waals surface area contributed by atoms with E-state index in [1.807, 2.05) is 0 Å². The molecule has 2 aliphatic rings. The number of nitrogens with one attached hydrogen (secondary N) is 1. The number of ether oxygens (including phenoxy) is 1. The summed E-state index contributed by atoms with van der Waals surface area (Å²) in [6, 6.07) is -0.569. The lowest BCUT2D eigenvalue weighted by molar-refractivity contribution is -0.140. The molecule has 0 atom stereocenters. The van der Waals surface area contributed by atoms with Crippen LogP contribution in [0, 0.1) is 0 Å². The highest BCUT2D eigenvalue weighted by atomic mass is 32.2. The van der Waals surface area contributed by atoms with Gasteiger partial charge in [0.05, 0.1) is 5.25 Å². The molecule has 0 bridgehead atoms. The maximum absolute atomic E-state index is 12.8. The Bertz CT molecular complexity index is 430. The number of rotatable bonds is 4. The van der Waals surface area contributed by atoms with E-state index in [4.69, 9.17) is 4.74 Å². The topological polar surface area (TPSA) is 58.6 Å². The van der Waals surface area contributed by atoms with Crippen molar-refractivity contribution in [3.8, 4) is 0 Å². The van der Waals surface area contributed by atoms with Gasteiger partial charge in [0, 0.05) is 19.3 Å². The molecule has 5 nitrogen and oxygen atoms in total. The van der Waals surface area contributed by atoms with E-state index < -0.39 is 34.0 Å². The third-order valence-corrected chi connectivity index (χ3v) is 6.36. The summed E-state index contributed by atoms with van der Waals surface area (Å²) in [5.41, 5.74) is 0. The first-order chi connectivity index (χ1) is 9.81. The van der Waals surface area contributed by atoms with Crippen molar-refractivity contribution >= 4 is 10.0 Å².